The Kier molecular flexibility index (Phi) is 4.46. The summed E-state index contributed by atoms with van der Waals surface area (Å²) in [4.78, 5) is 13.2. The van der Waals surface area contributed by atoms with E-state index in [1.165, 1.54) is 0 Å². The molecule has 0 radical (unpaired) electrons. The summed E-state index contributed by atoms with van der Waals surface area (Å²) in [5.74, 6) is -1.47. The molecular formula is C25H18N2O5S. The smallest absolute Gasteiger partial charge is 0.342 e. The third-order valence-electron chi connectivity index (χ3n) is 5.96. The molecule has 4 aromatic rings. The molecule has 0 saturated carbocycles. The first-order valence-corrected chi connectivity index (χ1v) is 11.1. The molecule has 33 heavy (non-hydrogen) atoms. The number of esters is 1. The molecule has 8 heteroatoms. The topological polar surface area (TPSA) is 90.8 Å². The van der Waals surface area contributed by atoms with Crippen molar-refractivity contribution in [3.8, 4) is 11.5 Å². The van der Waals surface area contributed by atoms with Crippen LogP contribution in [0.2, 0.25) is 0 Å². The van der Waals surface area contributed by atoms with E-state index in [0.717, 1.165) is 28.4 Å². The van der Waals surface area contributed by atoms with Gasteiger partial charge in [-0.3, -0.25) is 0 Å². The Balaban J connectivity index is 1.54. The van der Waals surface area contributed by atoms with E-state index in [4.69, 9.17) is 14.2 Å². The van der Waals surface area contributed by atoms with Gasteiger partial charge in [0.05, 0.1) is 17.3 Å². The number of hydrogen-bond acceptors (Lipinski definition) is 8. The number of aryl methyl sites for hydroxylation is 1. The van der Waals surface area contributed by atoms with Gasteiger partial charge in [-0.1, -0.05) is 35.9 Å². The number of aromatic nitrogens is 2. The zero-order chi connectivity index (χ0) is 22.6. The Labute approximate surface area is 193 Å². The number of carbonyl (C=O) groups is 1. The fourth-order valence-corrected chi connectivity index (χ4v) is 4.75. The average Bonchev–Trinajstić information content (AvgIpc) is 3.53. The number of ether oxygens (including phenoxy) is 3. The van der Waals surface area contributed by atoms with E-state index in [9.17, 15) is 9.90 Å². The molecule has 0 spiro atoms. The summed E-state index contributed by atoms with van der Waals surface area (Å²) < 4.78 is 25.1. The predicted molar refractivity (Wildman–Crippen MR) is 122 cm³/mol. The number of carbonyl (C=O) groups excluding carboxylic acids is 1. The molecule has 7 nitrogen and oxygen atoms in total. The van der Waals surface area contributed by atoms with E-state index in [2.05, 4.69) is 8.75 Å². The van der Waals surface area contributed by atoms with Crippen LogP contribution in [-0.2, 0) is 21.7 Å². The number of hydrogen-bond donors (Lipinski definition) is 1. The van der Waals surface area contributed by atoms with Gasteiger partial charge in [-0.25, -0.2) is 4.79 Å². The molecule has 3 aromatic carbocycles. The first-order chi connectivity index (χ1) is 16.0. The second-order valence-corrected chi connectivity index (χ2v) is 8.61. The number of benzene rings is 3. The van der Waals surface area contributed by atoms with Crippen molar-refractivity contribution in [2.24, 2.45) is 0 Å². The zero-order valence-electron chi connectivity index (χ0n) is 17.6. The van der Waals surface area contributed by atoms with Crippen LogP contribution in [0.3, 0.4) is 0 Å². The molecular weight excluding hydrogens is 440 g/mol. The summed E-state index contributed by atoms with van der Waals surface area (Å²) in [5, 5.41) is 11.8. The van der Waals surface area contributed by atoms with Gasteiger partial charge in [-0.05, 0) is 48.4 Å². The number of rotatable bonds is 4. The van der Waals surface area contributed by atoms with E-state index < -0.39 is 11.8 Å². The van der Waals surface area contributed by atoms with Crippen molar-refractivity contribution in [3.05, 3.63) is 88.5 Å². The number of cyclic esters (lactones) is 1. The summed E-state index contributed by atoms with van der Waals surface area (Å²) in [7, 11) is 0. The van der Waals surface area contributed by atoms with Gasteiger partial charge in [0.2, 0.25) is 6.79 Å². The second kappa shape index (κ2) is 7.40. The molecule has 0 amide bonds. The van der Waals surface area contributed by atoms with Gasteiger partial charge in [0.1, 0.15) is 11.0 Å². The normalized spacial score (nSPS) is 19.4. The predicted octanol–water partition coefficient (Wildman–Crippen LogP) is 4.13. The highest BCUT2D eigenvalue weighted by Gasteiger charge is 2.48. The fraction of sp³-hybridized carbons (Fsp3) is 0.160. The highest BCUT2D eigenvalue weighted by molar-refractivity contribution is 7.00. The Hall–Kier alpha value is -3.75. The maximum Gasteiger partial charge on any atom is 0.342 e. The van der Waals surface area contributed by atoms with Crippen LogP contribution in [0.15, 0.2) is 66.2 Å². The van der Waals surface area contributed by atoms with Crippen LogP contribution in [0.1, 0.15) is 22.3 Å². The van der Waals surface area contributed by atoms with Gasteiger partial charge in [0.15, 0.2) is 11.5 Å². The lowest BCUT2D eigenvalue weighted by molar-refractivity contribution is -0.185. The summed E-state index contributed by atoms with van der Waals surface area (Å²) in [5.41, 5.74) is 5.31. The first kappa shape index (κ1) is 19.9. The summed E-state index contributed by atoms with van der Waals surface area (Å²) in [6, 6.07) is 18.4. The maximum atomic E-state index is 13.2. The van der Waals surface area contributed by atoms with Gasteiger partial charge >= 0.3 is 5.97 Å². The Morgan fingerprint density at radius 1 is 0.970 bits per heavy atom. The van der Waals surface area contributed by atoms with Gasteiger partial charge in [0, 0.05) is 17.6 Å². The molecule has 0 fully saturated rings. The van der Waals surface area contributed by atoms with Crippen molar-refractivity contribution < 1.29 is 24.1 Å². The van der Waals surface area contributed by atoms with E-state index in [0.29, 0.717) is 45.7 Å². The molecule has 1 N–H and O–H groups in total. The largest absolute Gasteiger partial charge is 0.454 e. The zero-order valence-corrected chi connectivity index (χ0v) is 18.4. The lowest BCUT2D eigenvalue weighted by atomic mass is 9.87. The van der Waals surface area contributed by atoms with Crippen LogP contribution in [0.25, 0.3) is 16.6 Å². The quantitative estimate of drug-likeness (QED) is 0.460. The lowest BCUT2D eigenvalue weighted by Gasteiger charge is -2.26. The molecule has 3 heterocycles. The van der Waals surface area contributed by atoms with Crippen LogP contribution in [0.5, 0.6) is 11.5 Å². The number of nitrogens with zero attached hydrogens (tertiary/aromatic N) is 2. The van der Waals surface area contributed by atoms with Crippen LogP contribution in [0.4, 0.5) is 0 Å². The lowest BCUT2D eigenvalue weighted by Crippen LogP contribution is -2.29. The van der Waals surface area contributed by atoms with E-state index in [1.54, 1.807) is 30.3 Å². The molecule has 1 unspecified atom stereocenters. The van der Waals surface area contributed by atoms with Gasteiger partial charge < -0.3 is 19.3 Å². The molecule has 0 saturated heterocycles. The molecule has 1 atom stereocenters. The van der Waals surface area contributed by atoms with Crippen LogP contribution in [-0.4, -0.2) is 26.6 Å². The SMILES string of the molecule is Cc1ccc(CC2=C(c3ccc4nsnc4c3)C(=O)OC2(O)c2ccc3c(c2)OCO3)cc1. The van der Waals surface area contributed by atoms with Crippen LogP contribution >= 0.6 is 11.7 Å². The number of aliphatic hydroxyl groups is 1. The van der Waals surface area contributed by atoms with Crippen molar-refractivity contribution in [2.75, 3.05) is 6.79 Å². The van der Waals surface area contributed by atoms with Crippen LogP contribution in [0, 0.1) is 6.92 Å². The minimum absolute atomic E-state index is 0.107. The van der Waals surface area contributed by atoms with Crippen molar-refractivity contribution in [1.29, 1.82) is 0 Å². The molecule has 2 aliphatic heterocycles. The summed E-state index contributed by atoms with van der Waals surface area (Å²) in [6.45, 7) is 2.12. The van der Waals surface area contributed by atoms with Crippen molar-refractivity contribution in [1.82, 2.24) is 8.75 Å². The molecule has 0 bridgehead atoms. The molecule has 1 aromatic heterocycles. The Morgan fingerprint density at radius 3 is 2.61 bits per heavy atom. The third kappa shape index (κ3) is 3.26. The van der Waals surface area contributed by atoms with Gasteiger partial charge in [-0.2, -0.15) is 8.75 Å². The molecule has 2 aliphatic rings. The highest BCUT2D eigenvalue weighted by Crippen LogP contribution is 2.47. The standard InChI is InChI=1S/C25H18N2O5S/c1-14-2-4-15(5-3-14)10-18-23(16-6-8-19-20(11-16)27-33-26-19)24(28)32-25(18,29)17-7-9-21-22(12-17)31-13-30-21/h2-9,11-12,29H,10,13H2,1H3. The molecule has 0 aliphatic carbocycles. The van der Waals surface area contributed by atoms with Crippen molar-refractivity contribution >= 4 is 34.3 Å². The highest BCUT2D eigenvalue weighted by atomic mass is 32.1. The van der Waals surface area contributed by atoms with Crippen molar-refractivity contribution in [3.63, 3.8) is 0 Å². The third-order valence-corrected chi connectivity index (χ3v) is 6.52. The van der Waals surface area contributed by atoms with Crippen LogP contribution < -0.4 is 9.47 Å². The molecule has 164 valence electrons. The van der Waals surface area contributed by atoms with Crippen molar-refractivity contribution in [2.45, 2.75) is 19.1 Å². The second-order valence-electron chi connectivity index (χ2n) is 8.09. The fourth-order valence-electron chi connectivity index (χ4n) is 4.23. The first-order valence-electron chi connectivity index (χ1n) is 10.4. The van der Waals surface area contributed by atoms with E-state index in [-0.39, 0.29) is 6.79 Å². The van der Waals surface area contributed by atoms with Gasteiger partial charge in [-0.15, -0.1) is 0 Å². The minimum Gasteiger partial charge on any atom is -0.454 e. The summed E-state index contributed by atoms with van der Waals surface area (Å²) >= 11 is 1.11. The van der Waals surface area contributed by atoms with E-state index in [1.807, 2.05) is 37.3 Å². The molecule has 6 rings (SSSR count). The minimum atomic E-state index is -1.95. The Bertz CT molecular complexity index is 1440. The van der Waals surface area contributed by atoms with E-state index >= 15 is 0 Å². The maximum absolute atomic E-state index is 13.2. The number of fused-ring (bicyclic) bond motifs is 2. The summed E-state index contributed by atoms with van der Waals surface area (Å²) in [6.07, 6.45) is 0.319. The monoisotopic (exact) mass is 458 g/mol. The average molecular weight is 458 g/mol. The Morgan fingerprint density at radius 2 is 1.76 bits per heavy atom. The van der Waals surface area contributed by atoms with Gasteiger partial charge in [0.25, 0.3) is 5.79 Å².